The highest BCUT2D eigenvalue weighted by molar-refractivity contribution is 6.32. The van der Waals surface area contributed by atoms with Crippen LogP contribution in [0, 0.1) is 0 Å². The first kappa shape index (κ1) is 23.8. The molecule has 0 saturated carbocycles. The number of anilines is 3. The molecule has 0 radical (unpaired) electrons. The molecule has 3 aliphatic heterocycles. The van der Waals surface area contributed by atoms with Gasteiger partial charge in [-0.15, -0.1) is 0 Å². The molecule has 9 nitrogen and oxygen atoms in total. The van der Waals surface area contributed by atoms with Crippen molar-refractivity contribution in [3.8, 4) is 0 Å². The Morgan fingerprint density at radius 1 is 1.06 bits per heavy atom. The zero-order valence-electron chi connectivity index (χ0n) is 19.5. The van der Waals surface area contributed by atoms with Crippen LogP contribution in [-0.4, -0.2) is 83.3 Å². The minimum Gasteiger partial charge on any atom is -0.378 e. The third-order valence-corrected chi connectivity index (χ3v) is 7.63. The van der Waals surface area contributed by atoms with E-state index < -0.39 is 11.7 Å². The number of likely N-dealkylation sites (tertiary alicyclic amines) is 1. The molecule has 194 valence electrons. The van der Waals surface area contributed by atoms with Crippen molar-refractivity contribution >= 4 is 39.8 Å². The molecule has 6 rings (SSSR count). The molecule has 0 amide bonds. The maximum Gasteiger partial charge on any atom is 0.418 e. The number of hydrogen-bond acceptors (Lipinski definition) is 7. The van der Waals surface area contributed by atoms with E-state index in [4.69, 9.17) is 21.1 Å². The number of aromatic amines is 1. The van der Waals surface area contributed by atoms with Crippen LogP contribution in [0.4, 0.5) is 30.4 Å². The highest BCUT2D eigenvalue weighted by Gasteiger charge is 2.36. The molecule has 3 aromatic rings. The van der Waals surface area contributed by atoms with Crippen LogP contribution in [0.2, 0.25) is 5.15 Å². The minimum atomic E-state index is -4.50. The molecule has 3 aliphatic rings. The lowest BCUT2D eigenvalue weighted by Gasteiger charge is -2.41. The van der Waals surface area contributed by atoms with Crippen LogP contribution in [0.25, 0.3) is 11.0 Å². The minimum absolute atomic E-state index is 0.0559. The van der Waals surface area contributed by atoms with Gasteiger partial charge in [-0.25, -0.2) is 9.67 Å². The molecule has 3 fully saturated rings. The average Bonchev–Trinajstić information content (AvgIpc) is 3.43. The second kappa shape index (κ2) is 9.40. The van der Waals surface area contributed by atoms with Crippen molar-refractivity contribution in [2.75, 3.05) is 62.8 Å². The lowest BCUT2D eigenvalue weighted by atomic mass is 10.0. The van der Waals surface area contributed by atoms with E-state index in [0.717, 1.165) is 45.3 Å². The van der Waals surface area contributed by atoms with Gasteiger partial charge in [0.15, 0.2) is 5.15 Å². The van der Waals surface area contributed by atoms with Crippen LogP contribution in [0.1, 0.15) is 24.4 Å². The van der Waals surface area contributed by atoms with E-state index in [9.17, 15) is 13.2 Å². The van der Waals surface area contributed by atoms with Gasteiger partial charge in [0.1, 0.15) is 11.5 Å². The fraction of sp³-hybridized carbons (Fsp3) is 0.565. The van der Waals surface area contributed by atoms with E-state index in [0.29, 0.717) is 54.7 Å². The molecule has 0 aromatic carbocycles. The summed E-state index contributed by atoms with van der Waals surface area (Å²) in [5.74, 6) is 0.390. The van der Waals surface area contributed by atoms with Gasteiger partial charge in [0.2, 0.25) is 0 Å². The van der Waals surface area contributed by atoms with E-state index in [1.807, 2.05) is 9.58 Å². The highest BCUT2D eigenvalue weighted by atomic mass is 35.5. The van der Waals surface area contributed by atoms with Crippen molar-refractivity contribution < 1.29 is 22.6 Å². The third kappa shape index (κ3) is 4.40. The number of H-pyrrole nitrogens is 1. The summed E-state index contributed by atoms with van der Waals surface area (Å²) in [7, 11) is 0. The van der Waals surface area contributed by atoms with E-state index in [2.05, 4.69) is 25.3 Å². The zero-order chi connectivity index (χ0) is 24.9. The van der Waals surface area contributed by atoms with Crippen LogP contribution in [0.15, 0.2) is 18.5 Å². The van der Waals surface area contributed by atoms with Crippen LogP contribution in [0.3, 0.4) is 0 Å². The summed E-state index contributed by atoms with van der Waals surface area (Å²) in [5.41, 5.74) is 0.442. The fourth-order valence-electron chi connectivity index (χ4n) is 5.21. The van der Waals surface area contributed by atoms with E-state index >= 15 is 0 Å². The summed E-state index contributed by atoms with van der Waals surface area (Å²) < 4.78 is 53.7. The van der Waals surface area contributed by atoms with Crippen LogP contribution in [-0.2, 0) is 15.7 Å². The molecule has 0 bridgehead atoms. The molecular formula is C23H27ClF3N7O2. The molecular weight excluding hydrogens is 499 g/mol. The molecule has 2 N–H and O–H groups in total. The molecule has 0 atom stereocenters. The van der Waals surface area contributed by atoms with E-state index in [-0.39, 0.29) is 17.1 Å². The van der Waals surface area contributed by atoms with Crippen LogP contribution >= 0.6 is 11.6 Å². The largest absolute Gasteiger partial charge is 0.418 e. The van der Waals surface area contributed by atoms with Crippen molar-refractivity contribution in [1.82, 2.24) is 24.6 Å². The number of piperidine rings is 1. The highest BCUT2D eigenvalue weighted by Crippen LogP contribution is 2.41. The van der Waals surface area contributed by atoms with Gasteiger partial charge in [0.25, 0.3) is 0 Å². The molecule has 3 aromatic heterocycles. The summed E-state index contributed by atoms with van der Waals surface area (Å²) in [6.45, 7) is 5.41. The van der Waals surface area contributed by atoms with Crippen LogP contribution < -0.4 is 10.2 Å². The molecule has 0 aliphatic carbocycles. The first-order chi connectivity index (χ1) is 17.4. The number of alkyl halides is 3. The maximum absolute atomic E-state index is 13.7. The lowest BCUT2D eigenvalue weighted by molar-refractivity contribution is -0.136. The lowest BCUT2D eigenvalue weighted by Crippen LogP contribution is -2.51. The number of hydrogen-bond donors (Lipinski definition) is 2. The normalized spacial score (nSPS) is 20.7. The zero-order valence-corrected chi connectivity index (χ0v) is 20.3. The number of fused-ring (bicyclic) bond motifs is 1. The van der Waals surface area contributed by atoms with Gasteiger partial charge in [-0.05, 0) is 12.8 Å². The topological polar surface area (TPSA) is 83.5 Å². The third-order valence-electron chi connectivity index (χ3n) is 7.26. The number of nitrogens with zero attached hydrogens (tertiary/aromatic N) is 5. The first-order valence-electron chi connectivity index (χ1n) is 12.1. The molecule has 13 heteroatoms. The number of morpholine rings is 1. The van der Waals surface area contributed by atoms with Gasteiger partial charge in [-0.1, -0.05) is 11.6 Å². The molecule has 6 heterocycles. The Balaban J connectivity index is 1.26. The Morgan fingerprint density at radius 2 is 1.81 bits per heavy atom. The van der Waals surface area contributed by atoms with Crippen LogP contribution in [0.5, 0.6) is 0 Å². The summed E-state index contributed by atoms with van der Waals surface area (Å²) in [5, 5.41) is 8.21. The number of pyridine rings is 1. The number of halogens is 4. The monoisotopic (exact) mass is 525 g/mol. The quantitative estimate of drug-likeness (QED) is 0.520. The standard InChI is InChI=1S/C23H27ClF3N7O2/c24-21-17(11-29-34(21)14-1-3-32(4-2-14)15-12-36-13-15)30-19-9-18(33-5-7-35-8-6-33)20-16(23(25,26)27)10-28-22(20)31-19/h9-11,14-15H,1-8,12-13H2,(H2,28,30,31). The fourth-order valence-corrected chi connectivity index (χ4v) is 5.49. The van der Waals surface area contributed by atoms with Crippen molar-refractivity contribution in [2.24, 2.45) is 0 Å². The van der Waals surface area contributed by atoms with Gasteiger partial charge in [-0.2, -0.15) is 18.3 Å². The average molecular weight is 526 g/mol. The van der Waals surface area contributed by atoms with E-state index in [1.54, 1.807) is 12.3 Å². The smallest absolute Gasteiger partial charge is 0.378 e. The Hall–Kier alpha value is -2.54. The molecule has 0 unspecified atom stereocenters. The second-order valence-corrected chi connectivity index (χ2v) is 9.78. The summed E-state index contributed by atoms with van der Waals surface area (Å²) in [4.78, 5) is 11.5. The second-order valence-electron chi connectivity index (χ2n) is 9.43. The van der Waals surface area contributed by atoms with Gasteiger partial charge < -0.3 is 24.7 Å². The van der Waals surface area contributed by atoms with E-state index in [1.165, 1.54) is 0 Å². The molecule has 3 saturated heterocycles. The summed E-state index contributed by atoms with van der Waals surface area (Å²) in [6, 6.07) is 2.34. The van der Waals surface area contributed by atoms with Gasteiger partial charge in [0.05, 0.1) is 67.0 Å². The Morgan fingerprint density at radius 3 is 2.47 bits per heavy atom. The van der Waals surface area contributed by atoms with Crippen molar-refractivity contribution in [1.29, 1.82) is 0 Å². The van der Waals surface area contributed by atoms with Crippen molar-refractivity contribution in [3.63, 3.8) is 0 Å². The van der Waals surface area contributed by atoms with Gasteiger partial charge >= 0.3 is 6.18 Å². The Labute approximate surface area is 210 Å². The molecule has 36 heavy (non-hydrogen) atoms. The number of nitrogens with one attached hydrogen (secondary N) is 2. The Kier molecular flexibility index (Phi) is 6.22. The van der Waals surface area contributed by atoms with Gasteiger partial charge in [0, 0.05) is 38.4 Å². The molecule has 0 spiro atoms. The summed E-state index contributed by atoms with van der Waals surface area (Å²) >= 11 is 6.71. The van der Waals surface area contributed by atoms with Gasteiger partial charge in [-0.3, -0.25) is 4.90 Å². The number of ether oxygens (including phenoxy) is 2. The summed E-state index contributed by atoms with van der Waals surface area (Å²) in [6.07, 6.45) is -0.0124. The predicted molar refractivity (Wildman–Crippen MR) is 129 cm³/mol. The maximum atomic E-state index is 13.7. The Bertz CT molecular complexity index is 1230. The predicted octanol–water partition coefficient (Wildman–Crippen LogP) is 4.05. The number of aromatic nitrogens is 4. The van der Waals surface area contributed by atoms with Crippen molar-refractivity contribution in [2.45, 2.75) is 31.1 Å². The van der Waals surface area contributed by atoms with Crippen molar-refractivity contribution in [3.05, 3.63) is 29.2 Å². The number of rotatable bonds is 5. The SMILES string of the molecule is FC(F)(F)c1c[nH]c2nc(Nc3cnn(C4CCN(C5COC5)CC4)c3Cl)cc(N3CCOCC3)c12. The first-order valence-corrected chi connectivity index (χ1v) is 12.5.